The number of halogens is 1. The van der Waals surface area contributed by atoms with Crippen molar-refractivity contribution in [2.75, 3.05) is 5.32 Å². The summed E-state index contributed by atoms with van der Waals surface area (Å²) in [6, 6.07) is 10.3. The number of nitrogens with one attached hydrogen (secondary N) is 2. The first-order valence-corrected chi connectivity index (χ1v) is 7.89. The molecule has 2 N–H and O–H groups in total. The van der Waals surface area contributed by atoms with Crippen molar-refractivity contribution in [3.05, 3.63) is 58.3 Å². The summed E-state index contributed by atoms with van der Waals surface area (Å²) < 4.78 is 0.871. The first-order chi connectivity index (χ1) is 10.7. The molecule has 0 unspecified atom stereocenters. The summed E-state index contributed by atoms with van der Waals surface area (Å²) in [5.41, 5.74) is 0.885. The normalized spacial score (nSPS) is 11.0. The lowest BCUT2D eigenvalue weighted by atomic mass is 10.1. The Morgan fingerprint density at radius 2 is 1.83 bits per heavy atom. The zero-order valence-corrected chi connectivity index (χ0v) is 14.8. The van der Waals surface area contributed by atoms with Crippen LogP contribution in [0.1, 0.15) is 41.6 Å². The highest BCUT2D eigenvalue weighted by atomic mass is 79.9. The molecule has 1 heterocycles. The van der Waals surface area contributed by atoms with Crippen molar-refractivity contribution in [1.82, 2.24) is 10.3 Å². The van der Waals surface area contributed by atoms with Crippen LogP contribution in [0.4, 0.5) is 5.69 Å². The first kappa shape index (κ1) is 17.1. The minimum absolute atomic E-state index is 0.210. The van der Waals surface area contributed by atoms with Crippen LogP contribution in [-0.2, 0) is 0 Å². The molecule has 0 spiro atoms. The molecule has 2 amide bonds. The minimum atomic E-state index is -0.368. The Hall–Kier alpha value is -2.21. The van der Waals surface area contributed by atoms with Crippen LogP contribution in [0.15, 0.2) is 47.1 Å². The Balaban J connectivity index is 2.16. The molecule has 2 rings (SSSR count). The van der Waals surface area contributed by atoms with Gasteiger partial charge in [0.15, 0.2) is 0 Å². The van der Waals surface area contributed by atoms with Crippen molar-refractivity contribution in [2.24, 2.45) is 0 Å². The van der Waals surface area contributed by atoms with Gasteiger partial charge >= 0.3 is 0 Å². The molecule has 5 nitrogen and oxygen atoms in total. The second kappa shape index (κ2) is 6.91. The quantitative estimate of drug-likeness (QED) is 0.860. The van der Waals surface area contributed by atoms with Gasteiger partial charge in [-0.15, -0.1) is 0 Å². The van der Waals surface area contributed by atoms with Crippen molar-refractivity contribution >= 4 is 33.4 Å². The third-order valence-electron chi connectivity index (χ3n) is 2.83. The van der Waals surface area contributed by atoms with E-state index in [1.165, 1.54) is 12.3 Å². The van der Waals surface area contributed by atoms with Crippen LogP contribution >= 0.6 is 15.9 Å². The molecule has 0 fully saturated rings. The van der Waals surface area contributed by atoms with Gasteiger partial charge < -0.3 is 10.6 Å². The molecule has 0 aliphatic carbocycles. The summed E-state index contributed by atoms with van der Waals surface area (Å²) in [6.45, 7) is 5.65. The van der Waals surface area contributed by atoms with Gasteiger partial charge in [0.2, 0.25) is 0 Å². The van der Waals surface area contributed by atoms with Crippen molar-refractivity contribution in [3.63, 3.8) is 0 Å². The Kier molecular flexibility index (Phi) is 5.15. The molecule has 0 aliphatic heterocycles. The van der Waals surface area contributed by atoms with E-state index in [1.807, 2.05) is 32.9 Å². The Labute approximate surface area is 143 Å². The molecule has 0 bridgehead atoms. The lowest BCUT2D eigenvalue weighted by Gasteiger charge is -2.20. The van der Waals surface area contributed by atoms with E-state index in [0.29, 0.717) is 11.3 Å². The number of anilines is 1. The number of carbonyl (C=O) groups excluding carboxylic acids is 2. The van der Waals surface area contributed by atoms with Gasteiger partial charge in [0.05, 0.1) is 0 Å². The molecule has 2 aromatic rings. The van der Waals surface area contributed by atoms with Crippen molar-refractivity contribution in [2.45, 2.75) is 26.3 Å². The van der Waals surface area contributed by atoms with E-state index in [2.05, 4.69) is 31.5 Å². The van der Waals surface area contributed by atoms with Crippen LogP contribution in [0.5, 0.6) is 0 Å². The third kappa shape index (κ3) is 5.17. The summed E-state index contributed by atoms with van der Waals surface area (Å²) >= 11 is 3.35. The van der Waals surface area contributed by atoms with Crippen LogP contribution in [0, 0.1) is 0 Å². The van der Waals surface area contributed by atoms with E-state index in [-0.39, 0.29) is 23.0 Å². The van der Waals surface area contributed by atoms with E-state index in [9.17, 15) is 9.59 Å². The average Bonchev–Trinajstić information content (AvgIpc) is 2.45. The van der Waals surface area contributed by atoms with Gasteiger partial charge in [0.1, 0.15) is 5.69 Å². The van der Waals surface area contributed by atoms with Gasteiger partial charge in [-0.2, -0.15) is 0 Å². The molecule has 0 atom stereocenters. The Morgan fingerprint density at radius 3 is 2.48 bits per heavy atom. The number of nitrogens with zero attached hydrogens (tertiary/aromatic N) is 1. The van der Waals surface area contributed by atoms with E-state index in [4.69, 9.17) is 0 Å². The molecule has 120 valence electrons. The fourth-order valence-electron chi connectivity index (χ4n) is 1.87. The van der Waals surface area contributed by atoms with Crippen LogP contribution in [0.3, 0.4) is 0 Å². The van der Waals surface area contributed by atoms with Crippen LogP contribution in [0.2, 0.25) is 0 Å². The zero-order chi connectivity index (χ0) is 17.0. The molecule has 1 aromatic heterocycles. The lowest BCUT2D eigenvalue weighted by Crippen LogP contribution is -2.41. The molecule has 0 saturated carbocycles. The van der Waals surface area contributed by atoms with Crippen LogP contribution in [0.25, 0.3) is 0 Å². The van der Waals surface area contributed by atoms with E-state index < -0.39 is 0 Å². The first-order valence-electron chi connectivity index (χ1n) is 7.10. The number of hydrogen-bond acceptors (Lipinski definition) is 3. The zero-order valence-electron chi connectivity index (χ0n) is 13.2. The number of aromatic nitrogens is 1. The Morgan fingerprint density at radius 1 is 1.09 bits per heavy atom. The highest BCUT2D eigenvalue weighted by molar-refractivity contribution is 9.10. The maximum absolute atomic E-state index is 12.3. The second-order valence-electron chi connectivity index (χ2n) is 6.10. The summed E-state index contributed by atoms with van der Waals surface area (Å²) in [5.74, 6) is -0.607. The SMILES string of the molecule is CC(C)(C)NC(=O)c1cc(C(=O)Nc2cccc(Br)c2)ccn1. The van der Waals surface area contributed by atoms with E-state index in [1.54, 1.807) is 18.2 Å². The molecular formula is C17H18BrN3O2. The van der Waals surface area contributed by atoms with Gasteiger partial charge in [0, 0.05) is 27.5 Å². The monoisotopic (exact) mass is 375 g/mol. The minimum Gasteiger partial charge on any atom is -0.346 e. The highest BCUT2D eigenvalue weighted by Gasteiger charge is 2.17. The molecule has 0 saturated heterocycles. The second-order valence-corrected chi connectivity index (χ2v) is 7.01. The van der Waals surface area contributed by atoms with Gasteiger partial charge in [-0.1, -0.05) is 22.0 Å². The predicted molar refractivity (Wildman–Crippen MR) is 93.6 cm³/mol. The van der Waals surface area contributed by atoms with Crippen molar-refractivity contribution in [1.29, 1.82) is 0 Å². The number of carbonyl (C=O) groups is 2. The molecule has 1 aromatic carbocycles. The highest BCUT2D eigenvalue weighted by Crippen LogP contribution is 2.16. The average molecular weight is 376 g/mol. The number of pyridine rings is 1. The van der Waals surface area contributed by atoms with Crippen molar-refractivity contribution < 1.29 is 9.59 Å². The molecular weight excluding hydrogens is 358 g/mol. The molecule has 0 aliphatic rings. The summed E-state index contributed by atoms with van der Waals surface area (Å²) in [4.78, 5) is 28.5. The summed E-state index contributed by atoms with van der Waals surface area (Å²) in [5, 5.41) is 5.60. The maximum Gasteiger partial charge on any atom is 0.270 e. The number of hydrogen-bond donors (Lipinski definition) is 2. The Bertz CT molecular complexity index is 739. The maximum atomic E-state index is 12.3. The summed E-state index contributed by atoms with van der Waals surface area (Å²) in [6.07, 6.45) is 1.45. The smallest absolute Gasteiger partial charge is 0.270 e. The molecule has 0 radical (unpaired) electrons. The van der Waals surface area contributed by atoms with Gasteiger partial charge in [0.25, 0.3) is 11.8 Å². The number of benzene rings is 1. The number of rotatable bonds is 3. The summed E-state index contributed by atoms with van der Waals surface area (Å²) in [7, 11) is 0. The van der Waals surface area contributed by atoms with Gasteiger partial charge in [-0.05, 0) is 51.1 Å². The number of amides is 2. The third-order valence-corrected chi connectivity index (χ3v) is 3.32. The van der Waals surface area contributed by atoms with Gasteiger partial charge in [-0.25, -0.2) is 0 Å². The van der Waals surface area contributed by atoms with Crippen LogP contribution in [-0.4, -0.2) is 22.3 Å². The van der Waals surface area contributed by atoms with Crippen LogP contribution < -0.4 is 10.6 Å². The fourth-order valence-corrected chi connectivity index (χ4v) is 2.27. The molecule has 6 heteroatoms. The predicted octanol–water partition coefficient (Wildman–Crippen LogP) is 3.62. The topological polar surface area (TPSA) is 71.1 Å². The fraction of sp³-hybridized carbons (Fsp3) is 0.235. The lowest BCUT2D eigenvalue weighted by molar-refractivity contribution is 0.0914. The van der Waals surface area contributed by atoms with Gasteiger partial charge in [-0.3, -0.25) is 14.6 Å². The van der Waals surface area contributed by atoms with E-state index in [0.717, 1.165) is 4.47 Å². The standard InChI is InChI=1S/C17H18BrN3O2/c1-17(2,3)21-16(23)14-9-11(7-8-19-14)15(22)20-13-6-4-5-12(18)10-13/h4-10H,1-3H3,(H,20,22)(H,21,23). The largest absolute Gasteiger partial charge is 0.346 e. The van der Waals surface area contributed by atoms with Crippen molar-refractivity contribution in [3.8, 4) is 0 Å². The van der Waals surface area contributed by atoms with E-state index >= 15 is 0 Å². The molecule has 23 heavy (non-hydrogen) atoms.